The lowest BCUT2D eigenvalue weighted by Crippen LogP contribution is -2.82. The zero-order valence-electron chi connectivity index (χ0n) is 42.6. The van der Waals surface area contributed by atoms with E-state index in [0.29, 0.717) is 0 Å². The summed E-state index contributed by atoms with van der Waals surface area (Å²) in [5.41, 5.74) is -11.7. The van der Waals surface area contributed by atoms with Crippen molar-refractivity contribution in [3.05, 3.63) is 93.1 Å². The van der Waals surface area contributed by atoms with Crippen LogP contribution in [0.1, 0.15) is 83.1 Å². The highest BCUT2D eigenvalue weighted by atomic mass is 28.3. The Bertz CT molecular complexity index is 2290. The predicted octanol–water partition coefficient (Wildman–Crippen LogP) is 12.2. The van der Waals surface area contributed by atoms with E-state index in [-0.39, 0.29) is 0 Å². The normalized spacial score (nSPS) is 14.1. The highest BCUT2D eigenvalue weighted by Gasteiger charge is 2.56. The number of halogens is 16. The third kappa shape index (κ3) is 8.14. The van der Waals surface area contributed by atoms with E-state index in [9.17, 15) is 0 Å². The van der Waals surface area contributed by atoms with Gasteiger partial charge in [-0.3, -0.25) is 0 Å². The second-order valence-electron chi connectivity index (χ2n) is 24.5. The Kier molecular flexibility index (Phi) is 14.7. The predicted molar refractivity (Wildman–Crippen MR) is 257 cm³/mol. The lowest BCUT2D eigenvalue weighted by atomic mass is 9.12. The first kappa shape index (κ1) is 58.3. The van der Waals surface area contributed by atoms with Crippen LogP contribution in [0.25, 0.3) is 0 Å². The monoisotopic (exact) mass is 1060 g/mol. The third-order valence-electron chi connectivity index (χ3n) is 16.9. The summed E-state index contributed by atoms with van der Waals surface area (Å²) in [5.74, 6) is -44.3. The molecular weight excluding hydrogens is 1000 g/mol. The van der Waals surface area contributed by atoms with Crippen molar-refractivity contribution < 1.29 is 70.2 Å². The Balaban J connectivity index is 2.80. The summed E-state index contributed by atoms with van der Waals surface area (Å²) in [6.45, 7) is 26.1. The molecular formula is C48H60BF16Si4-. The molecule has 0 nitrogen and oxygen atoms in total. The van der Waals surface area contributed by atoms with Crippen molar-refractivity contribution in [1.82, 2.24) is 0 Å². The zero-order chi connectivity index (χ0) is 54.4. The zero-order valence-corrected chi connectivity index (χ0v) is 46.6. The molecule has 0 unspecified atom stereocenters. The summed E-state index contributed by atoms with van der Waals surface area (Å²) in [4.78, 5) is 0. The molecule has 4 aromatic rings. The fraction of sp³-hybridized carbons (Fsp3) is 0.500. The Morgan fingerprint density at radius 1 is 0.217 bits per heavy atom. The first-order valence-electron chi connectivity index (χ1n) is 22.2. The summed E-state index contributed by atoms with van der Waals surface area (Å²) in [7, 11) is -16.1. The maximum atomic E-state index is 17.8. The van der Waals surface area contributed by atoms with Crippen molar-refractivity contribution in [2.45, 2.75) is 156 Å². The second kappa shape index (κ2) is 17.4. The molecule has 0 atom stereocenters. The largest absolute Gasteiger partial charge is 0.207 e. The minimum atomic E-state index is -6.78. The van der Waals surface area contributed by atoms with Crippen LogP contribution in [-0.2, 0) is 0 Å². The lowest BCUT2D eigenvalue weighted by Gasteiger charge is -2.47. The minimum absolute atomic E-state index is 1.18. The highest BCUT2D eigenvalue weighted by molar-refractivity contribution is 7.20. The Labute approximate surface area is 398 Å². The van der Waals surface area contributed by atoms with Crippen molar-refractivity contribution in [2.75, 3.05) is 0 Å². The van der Waals surface area contributed by atoms with E-state index in [4.69, 9.17) is 0 Å². The summed E-state index contributed by atoms with van der Waals surface area (Å²) >= 11 is 0. The maximum absolute atomic E-state index is 17.8. The van der Waals surface area contributed by atoms with Gasteiger partial charge in [-0.15, -0.1) is 21.9 Å². The number of benzene rings is 4. The van der Waals surface area contributed by atoms with Crippen LogP contribution in [0.4, 0.5) is 70.2 Å². The van der Waals surface area contributed by atoms with Gasteiger partial charge in [0.2, 0.25) is 0 Å². The molecule has 21 heteroatoms. The summed E-state index contributed by atoms with van der Waals surface area (Å²) in [6, 6.07) is 0. The van der Waals surface area contributed by atoms with Crippen LogP contribution in [0.3, 0.4) is 0 Å². The molecule has 0 spiro atoms. The fourth-order valence-corrected chi connectivity index (χ4v) is 16.9. The van der Waals surface area contributed by atoms with E-state index in [1.807, 2.05) is 0 Å². The quantitative estimate of drug-likeness (QED) is 0.0937. The van der Waals surface area contributed by atoms with Gasteiger partial charge in [0.15, 0.2) is 46.5 Å². The molecule has 4 rings (SSSR count). The molecule has 4 aromatic carbocycles. The Hall–Kier alpha value is -3.31. The molecule has 69 heavy (non-hydrogen) atoms. The molecule has 0 aliphatic carbocycles. The highest BCUT2D eigenvalue weighted by Crippen LogP contribution is 2.42. The molecule has 0 aliphatic heterocycles. The van der Waals surface area contributed by atoms with Gasteiger partial charge in [0, 0.05) is 20.7 Å². The fourth-order valence-electron chi connectivity index (χ4n) is 8.68. The van der Waals surface area contributed by atoms with Crippen LogP contribution < -0.4 is 42.6 Å². The van der Waals surface area contributed by atoms with Crippen LogP contribution >= 0.6 is 0 Å². The standard InChI is InChI=1S/C48H60BF16Si4/c1-45(2,3)66(13,14)41-33(58)25(50)21(26(51)34(41)59)49(22-27(52)35(60)42(36(61)28(22)53)67(15,16)46(4,5)6,23-29(54)37(62)43(38(63)30(23)55)68(17,18)47(7,8)9)24-31(56)39(64)44(40(65)32(24)57)69(19,20)48(10,11)12/h1-20H3/q-1. The van der Waals surface area contributed by atoms with Crippen molar-refractivity contribution in [2.24, 2.45) is 0 Å². The molecule has 0 amide bonds. The molecule has 0 fully saturated rings. The molecule has 384 valence electrons. The molecule has 0 aromatic heterocycles. The van der Waals surface area contributed by atoms with E-state index in [1.54, 1.807) is 0 Å². The lowest BCUT2D eigenvalue weighted by molar-refractivity contribution is 0.459. The van der Waals surface area contributed by atoms with Gasteiger partial charge in [0.1, 0.15) is 52.7 Å². The Morgan fingerprint density at radius 3 is 0.406 bits per heavy atom. The topological polar surface area (TPSA) is 0 Å². The van der Waals surface area contributed by atoms with E-state index in [2.05, 4.69) is 0 Å². The average molecular weight is 1060 g/mol. The summed E-state index contributed by atoms with van der Waals surface area (Å²) in [5, 5.41) is -10.7. The van der Waals surface area contributed by atoms with Crippen molar-refractivity contribution in [1.29, 1.82) is 0 Å². The second-order valence-corrected chi connectivity index (χ2v) is 45.5. The van der Waals surface area contributed by atoms with Crippen molar-refractivity contribution >= 4 is 81.0 Å². The van der Waals surface area contributed by atoms with Crippen LogP contribution in [0, 0.1) is 93.1 Å². The van der Waals surface area contributed by atoms with Crippen molar-refractivity contribution in [3.8, 4) is 0 Å². The number of hydrogen-bond acceptors (Lipinski definition) is 0. The van der Waals surface area contributed by atoms with Gasteiger partial charge in [0.25, 0.3) is 0 Å². The van der Waals surface area contributed by atoms with Gasteiger partial charge in [-0.25, -0.2) is 70.2 Å². The third-order valence-corrected chi connectivity index (χ3v) is 38.7. The van der Waals surface area contributed by atoms with Crippen molar-refractivity contribution in [3.63, 3.8) is 0 Å². The summed E-state index contributed by atoms with van der Waals surface area (Å²) < 4.78 is 280. The van der Waals surface area contributed by atoms with Gasteiger partial charge in [-0.1, -0.05) is 135 Å². The van der Waals surface area contributed by atoms with Crippen LogP contribution in [0.2, 0.25) is 72.5 Å². The maximum Gasteiger partial charge on any atom is 0.157 e. The average Bonchev–Trinajstić information content (AvgIpc) is 3.16. The first-order valence-corrected chi connectivity index (χ1v) is 34.2. The molecule has 0 N–H and O–H groups in total. The molecule has 0 saturated heterocycles. The minimum Gasteiger partial charge on any atom is -0.207 e. The molecule has 0 bridgehead atoms. The van der Waals surface area contributed by atoms with Gasteiger partial charge >= 0.3 is 0 Å². The van der Waals surface area contributed by atoms with Crippen LogP contribution in [0.15, 0.2) is 0 Å². The van der Waals surface area contributed by atoms with E-state index < -0.39 is 194 Å². The smallest absolute Gasteiger partial charge is 0.157 e. The van der Waals surface area contributed by atoms with E-state index >= 15 is 70.2 Å². The van der Waals surface area contributed by atoms with E-state index in [0.717, 1.165) is 0 Å². The number of rotatable bonds is 8. The molecule has 0 saturated carbocycles. The summed E-state index contributed by atoms with van der Waals surface area (Å²) in [6.07, 6.45) is -6.78. The van der Waals surface area contributed by atoms with Gasteiger partial charge < -0.3 is 0 Å². The molecule has 0 heterocycles. The van der Waals surface area contributed by atoms with Crippen LogP contribution in [0.5, 0.6) is 0 Å². The SMILES string of the molecule is CC(C)(C)[Si](C)(C)c1c(F)c(F)c([B-](c2c(F)c(F)c([Si](C)(C)C(C)(C)C)c(F)c2F)(c2c(F)c(F)c([Si](C)(C)C(C)(C)C)c(F)c2F)c2c(F)c(F)c([Si](C)(C)C(C)(C)C)c(F)c2F)c(F)c1F. The first-order chi connectivity index (χ1) is 30.5. The molecule has 0 radical (unpaired) electrons. The molecule has 0 aliphatic rings. The van der Waals surface area contributed by atoms with Gasteiger partial charge in [-0.05, 0) is 20.2 Å². The van der Waals surface area contributed by atoms with Gasteiger partial charge in [-0.2, -0.15) is 0 Å². The van der Waals surface area contributed by atoms with Crippen LogP contribution in [-0.4, -0.2) is 38.4 Å². The van der Waals surface area contributed by atoms with E-state index in [1.165, 1.54) is 135 Å². The van der Waals surface area contributed by atoms with Gasteiger partial charge in [0.05, 0.1) is 32.3 Å². The number of hydrogen-bond donors (Lipinski definition) is 0. The Morgan fingerprint density at radius 2 is 0.319 bits per heavy atom.